The Bertz CT molecular complexity index is 728. The summed E-state index contributed by atoms with van der Waals surface area (Å²) in [6.07, 6.45) is 0.480. The first-order chi connectivity index (χ1) is 13.1. The number of piperazine rings is 1. The zero-order valence-corrected chi connectivity index (χ0v) is 17.2. The van der Waals surface area contributed by atoms with Gasteiger partial charge in [-0.2, -0.15) is 0 Å². The highest BCUT2D eigenvalue weighted by Gasteiger charge is 2.15. The Hall–Kier alpha value is -1.69. The number of anilines is 2. The second kappa shape index (κ2) is 10.0. The number of nitrogens with zero attached hydrogens (tertiary/aromatic N) is 2. The molecule has 1 aliphatic rings. The molecule has 0 atom stereocenters. The van der Waals surface area contributed by atoms with E-state index in [0.717, 1.165) is 54.1 Å². The highest BCUT2D eigenvalue weighted by molar-refractivity contribution is 7.99. The fourth-order valence-electron chi connectivity index (χ4n) is 3.09. The number of carbonyl (C=O) groups excluding carboxylic acids is 1. The van der Waals surface area contributed by atoms with Crippen LogP contribution in [0.2, 0.25) is 5.02 Å². The summed E-state index contributed by atoms with van der Waals surface area (Å²) in [5, 5.41) is 3.71. The van der Waals surface area contributed by atoms with E-state index in [9.17, 15) is 4.79 Å². The minimum atomic E-state index is 0.0424. The fourth-order valence-corrected chi connectivity index (χ4v) is 4.07. The predicted molar refractivity (Wildman–Crippen MR) is 116 cm³/mol. The van der Waals surface area contributed by atoms with Gasteiger partial charge >= 0.3 is 0 Å². The molecular weight excluding hydrogens is 378 g/mol. The zero-order valence-electron chi connectivity index (χ0n) is 15.7. The minimum absolute atomic E-state index is 0.0424. The van der Waals surface area contributed by atoms with Crippen LogP contribution >= 0.6 is 23.4 Å². The van der Waals surface area contributed by atoms with Gasteiger partial charge in [-0.15, -0.1) is 11.8 Å². The minimum Gasteiger partial charge on any atom is -0.369 e. The molecule has 6 heteroatoms. The van der Waals surface area contributed by atoms with Crippen LogP contribution < -0.4 is 10.2 Å². The van der Waals surface area contributed by atoms with Crippen LogP contribution in [0, 0.1) is 0 Å². The van der Waals surface area contributed by atoms with Gasteiger partial charge in [-0.3, -0.25) is 4.79 Å². The molecule has 27 heavy (non-hydrogen) atoms. The van der Waals surface area contributed by atoms with E-state index in [1.54, 1.807) is 11.8 Å². The summed E-state index contributed by atoms with van der Waals surface area (Å²) < 4.78 is 0. The molecule has 0 radical (unpaired) electrons. The van der Waals surface area contributed by atoms with Gasteiger partial charge in [0.15, 0.2) is 0 Å². The van der Waals surface area contributed by atoms with Crippen LogP contribution in [0.4, 0.5) is 11.4 Å². The summed E-state index contributed by atoms with van der Waals surface area (Å²) in [7, 11) is 0. The first-order valence-corrected chi connectivity index (χ1v) is 10.8. The van der Waals surface area contributed by atoms with Crippen LogP contribution in [0.3, 0.4) is 0 Å². The lowest BCUT2D eigenvalue weighted by molar-refractivity contribution is -0.115. The molecule has 0 aliphatic carbocycles. The van der Waals surface area contributed by atoms with E-state index in [2.05, 4.69) is 34.2 Å². The zero-order chi connectivity index (χ0) is 19.1. The summed E-state index contributed by atoms with van der Waals surface area (Å²) in [5.74, 6) is 0.786. The molecule has 1 fully saturated rings. The maximum absolute atomic E-state index is 12.2. The molecule has 0 bridgehead atoms. The molecule has 0 saturated carbocycles. The lowest BCUT2D eigenvalue weighted by Gasteiger charge is -2.35. The number of hydrogen-bond donors (Lipinski definition) is 1. The van der Waals surface area contributed by atoms with Crippen LogP contribution in [0.1, 0.15) is 13.3 Å². The molecule has 1 amide bonds. The number of benzene rings is 2. The molecule has 3 rings (SSSR count). The van der Waals surface area contributed by atoms with Gasteiger partial charge in [-0.05, 0) is 55.1 Å². The monoisotopic (exact) mass is 403 g/mol. The standard InChI is InChI=1S/C21H26ClN3OS/c1-2-24-12-14-25(15-13-24)19-7-5-18(6-8-19)23-21(26)11-16-27-20-9-3-17(22)4-10-20/h3-10H,2,11-16H2,1H3,(H,23,26). The Balaban J connectivity index is 1.42. The molecule has 2 aromatic carbocycles. The van der Waals surface area contributed by atoms with Crippen molar-refractivity contribution < 1.29 is 4.79 Å². The third-order valence-corrected chi connectivity index (χ3v) is 6.01. The topological polar surface area (TPSA) is 35.6 Å². The molecule has 2 aromatic rings. The molecule has 1 aliphatic heterocycles. The Kier molecular flexibility index (Phi) is 7.44. The van der Waals surface area contributed by atoms with E-state index < -0.39 is 0 Å². The first kappa shape index (κ1) is 20.1. The number of nitrogens with one attached hydrogen (secondary N) is 1. The number of halogens is 1. The molecule has 0 unspecified atom stereocenters. The highest BCUT2D eigenvalue weighted by atomic mass is 35.5. The van der Waals surface area contributed by atoms with Gasteiger partial charge in [0.2, 0.25) is 5.91 Å². The van der Waals surface area contributed by atoms with Crippen LogP contribution in [0.25, 0.3) is 0 Å². The van der Waals surface area contributed by atoms with Crippen molar-refractivity contribution in [1.82, 2.24) is 4.90 Å². The van der Waals surface area contributed by atoms with Crippen molar-refractivity contribution in [3.63, 3.8) is 0 Å². The molecule has 144 valence electrons. The summed E-state index contributed by atoms with van der Waals surface area (Å²) in [6.45, 7) is 7.67. The number of carbonyl (C=O) groups is 1. The lowest BCUT2D eigenvalue weighted by atomic mass is 10.2. The average molecular weight is 404 g/mol. The van der Waals surface area contributed by atoms with Crippen molar-refractivity contribution >= 4 is 40.6 Å². The van der Waals surface area contributed by atoms with Crippen LogP contribution in [0.15, 0.2) is 53.4 Å². The van der Waals surface area contributed by atoms with Gasteiger partial charge in [-0.25, -0.2) is 0 Å². The Morgan fingerprint density at radius 2 is 1.70 bits per heavy atom. The van der Waals surface area contributed by atoms with Crippen LogP contribution in [-0.4, -0.2) is 49.3 Å². The van der Waals surface area contributed by atoms with E-state index in [1.807, 2.05) is 36.4 Å². The predicted octanol–water partition coefficient (Wildman–Crippen LogP) is 4.60. The van der Waals surface area contributed by atoms with Crippen molar-refractivity contribution in [1.29, 1.82) is 0 Å². The van der Waals surface area contributed by atoms with Gasteiger partial charge in [-0.1, -0.05) is 18.5 Å². The number of thioether (sulfide) groups is 1. The molecule has 0 spiro atoms. The van der Waals surface area contributed by atoms with Crippen LogP contribution in [0.5, 0.6) is 0 Å². The van der Waals surface area contributed by atoms with Crippen molar-refractivity contribution in [2.45, 2.75) is 18.2 Å². The van der Waals surface area contributed by atoms with Gasteiger partial charge in [0.25, 0.3) is 0 Å². The van der Waals surface area contributed by atoms with Crippen molar-refractivity contribution in [2.75, 3.05) is 48.7 Å². The lowest BCUT2D eigenvalue weighted by Crippen LogP contribution is -2.46. The Labute approximate surface area is 170 Å². The Morgan fingerprint density at radius 1 is 1.04 bits per heavy atom. The summed E-state index contributed by atoms with van der Waals surface area (Å²) in [6, 6.07) is 15.9. The van der Waals surface area contributed by atoms with E-state index in [0.29, 0.717) is 6.42 Å². The molecular formula is C21H26ClN3OS. The second-order valence-electron chi connectivity index (χ2n) is 6.57. The SMILES string of the molecule is CCN1CCN(c2ccc(NC(=O)CCSc3ccc(Cl)cc3)cc2)CC1. The van der Waals surface area contributed by atoms with E-state index >= 15 is 0 Å². The number of hydrogen-bond acceptors (Lipinski definition) is 4. The van der Waals surface area contributed by atoms with Crippen molar-refractivity contribution in [3.8, 4) is 0 Å². The van der Waals surface area contributed by atoms with E-state index in [1.165, 1.54) is 5.69 Å². The quantitative estimate of drug-likeness (QED) is 0.685. The first-order valence-electron chi connectivity index (χ1n) is 9.39. The van der Waals surface area contributed by atoms with E-state index in [4.69, 9.17) is 11.6 Å². The average Bonchev–Trinajstić information content (AvgIpc) is 2.70. The summed E-state index contributed by atoms with van der Waals surface area (Å²) >= 11 is 7.54. The number of likely N-dealkylation sites (N-methyl/N-ethyl adjacent to an activating group) is 1. The normalized spacial score (nSPS) is 15.0. The Morgan fingerprint density at radius 3 is 2.33 bits per heavy atom. The van der Waals surface area contributed by atoms with Crippen molar-refractivity contribution in [2.24, 2.45) is 0 Å². The number of amides is 1. The molecule has 0 aromatic heterocycles. The molecule has 4 nitrogen and oxygen atoms in total. The summed E-state index contributed by atoms with van der Waals surface area (Å²) in [4.78, 5) is 18.1. The third kappa shape index (κ3) is 6.16. The van der Waals surface area contributed by atoms with Gasteiger partial charge < -0.3 is 15.1 Å². The van der Waals surface area contributed by atoms with Gasteiger partial charge in [0.1, 0.15) is 0 Å². The molecule has 1 heterocycles. The number of rotatable bonds is 7. The largest absolute Gasteiger partial charge is 0.369 e. The second-order valence-corrected chi connectivity index (χ2v) is 8.17. The fraction of sp³-hybridized carbons (Fsp3) is 0.381. The summed E-state index contributed by atoms with van der Waals surface area (Å²) in [5.41, 5.74) is 2.08. The maximum Gasteiger partial charge on any atom is 0.225 e. The van der Waals surface area contributed by atoms with E-state index in [-0.39, 0.29) is 5.91 Å². The smallest absolute Gasteiger partial charge is 0.225 e. The maximum atomic E-state index is 12.2. The molecule has 1 N–H and O–H groups in total. The third-order valence-electron chi connectivity index (χ3n) is 4.75. The van der Waals surface area contributed by atoms with Crippen LogP contribution in [-0.2, 0) is 4.79 Å². The highest BCUT2D eigenvalue weighted by Crippen LogP contribution is 2.22. The van der Waals surface area contributed by atoms with Gasteiger partial charge in [0, 0.05) is 59.6 Å². The van der Waals surface area contributed by atoms with Crippen molar-refractivity contribution in [3.05, 3.63) is 53.6 Å². The molecule has 1 saturated heterocycles. The van der Waals surface area contributed by atoms with Gasteiger partial charge in [0.05, 0.1) is 0 Å².